The number of rotatable bonds is 6. The molecule has 4 heteroatoms. The second-order valence-electron chi connectivity index (χ2n) is 7.59. The topological polar surface area (TPSA) is 39.7 Å². The van der Waals surface area contributed by atoms with Gasteiger partial charge >= 0.3 is 0 Å². The van der Waals surface area contributed by atoms with Gasteiger partial charge in [0.05, 0.1) is 6.61 Å². The molecule has 0 saturated carbocycles. The van der Waals surface area contributed by atoms with Gasteiger partial charge in [-0.15, -0.1) is 0 Å². The first-order chi connectivity index (χ1) is 15.4. The van der Waals surface area contributed by atoms with Crippen LogP contribution in [-0.4, -0.2) is 25.8 Å². The summed E-state index contributed by atoms with van der Waals surface area (Å²) >= 11 is 0. The summed E-state index contributed by atoms with van der Waals surface area (Å²) in [5.41, 5.74) is 1.08. The fraction of sp³-hybridized carbons (Fsp3) is 0.185. The normalized spacial score (nSPS) is 17.2. The first-order valence-corrected chi connectivity index (χ1v) is 10.7. The van der Waals surface area contributed by atoms with E-state index in [4.69, 9.17) is 14.2 Å². The molecule has 0 bridgehead atoms. The fourth-order valence-electron chi connectivity index (χ4n) is 3.95. The van der Waals surface area contributed by atoms with E-state index in [1.165, 1.54) is 0 Å². The van der Waals surface area contributed by atoms with Crippen molar-refractivity contribution in [2.45, 2.75) is 12.2 Å². The largest absolute Gasteiger partial charge is 0.479 e. The number of hydrogen-bond donors (Lipinski definition) is 1. The molecule has 0 aromatic heterocycles. The van der Waals surface area contributed by atoms with Crippen molar-refractivity contribution in [2.24, 2.45) is 0 Å². The zero-order valence-electron chi connectivity index (χ0n) is 17.2. The molecule has 1 aliphatic heterocycles. The van der Waals surface area contributed by atoms with E-state index in [9.17, 15) is 0 Å². The Labute approximate surface area is 182 Å². The molecule has 0 amide bonds. The summed E-state index contributed by atoms with van der Waals surface area (Å²) in [6.45, 7) is 2.27. The predicted molar refractivity (Wildman–Crippen MR) is 123 cm³/mol. The van der Waals surface area contributed by atoms with Crippen LogP contribution in [0.4, 0.5) is 0 Å². The van der Waals surface area contributed by atoms with Gasteiger partial charge in [0, 0.05) is 18.5 Å². The van der Waals surface area contributed by atoms with Crippen molar-refractivity contribution in [1.29, 1.82) is 0 Å². The lowest BCUT2D eigenvalue weighted by atomic mass is 10.0. The Bertz CT molecular complexity index is 1130. The second-order valence-corrected chi connectivity index (χ2v) is 7.59. The highest BCUT2D eigenvalue weighted by Gasteiger charge is 2.28. The van der Waals surface area contributed by atoms with Gasteiger partial charge in [0.1, 0.15) is 11.9 Å². The van der Waals surface area contributed by atoms with Crippen LogP contribution in [0.2, 0.25) is 0 Å². The highest BCUT2D eigenvalue weighted by atomic mass is 16.6. The Morgan fingerprint density at radius 2 is 1.45 bits per heavy atom. The van der Waals surface area contributed by atoms with Gasteiger partial charge in [0.25, 0.3) is 0 Å². The summed E-state index contributed by atoms with van der Waals surface area (Å²) in [5, 5.41) is 5.62. The minimum absolute atomic E-state index is 0.0817. The molecule has 1 fully saturated rings. The monoisotopic (exact) mass is 411 g/mol. The predicted octanol–water partition coefficient (Wildman–Crippen LogP) is 5.74. The molecule has 5 rings (SSSR count). The van der Waals surface area contributed by atoms with Crippen LogP contribution in [0.1, 0.15) is 11.7 Å². The number of hydrogen-bond acceptors (Lipinski definition) is 4. The summed E-state index contributed by atoms with van der Waals surface area (Å²) in [6.07, 6.45) is -0.326. The van der Waals surface area contributed by atoms with Gasteiger partial charge < -0.3 is 19.5 Å². The van der Waals surface area contributed by atoms with E-state index in [1.807, 2.05) is 66.7 Å². The summed E-state index contributed by atoms with van der Waals surface area (Å²) in [7, 11) is 0. The average molecular weight is 412 g/mol. The van der Waals surface area contributed by atoms with E-state index in [-0.39, 0.29) is 12.2 Å². The van der Waals surface area contributed by atoms with Crippen LogP contribution in [0.25, 0.3) is 10.8 Å². The Morgan fingerprint density at radius 3 is 2.29 bits per heavy atom. The van der Waals surface area contributed by atoms with Crippen molar-refractivity contribution < 1.29 is 14.2 Å². The van der Waals surface area contributed by atoms with Crippen LogP contribution >= 0.6 is 0 Å². The number of ether oxygens (including phenoxy) is 3. The Hall–Kier alpha value is -3.34. The molecular weight excluding hydrogens is 386 g/mol. The van der Waals surface area contributed by atoms with Gasteiger partial charge in [-0.25, -0.2) is 0 Å². The smallest absolute Gasteiger partial charge is 0.169 e. The number of benzene rings is 4. The molecule has 4 nitrogen and oxygen atoms in total. The average Bonchev–Trinajstić information content (AvgIpc) is 2.85. The quantitative estimate of drug-likeness (QED) is 0.439. The van der Waals surface area contributed by atoms with E-state index < -0.39 is 0 Å². The van der Waals surface area contributed by atoms with E-state index in [0.29, 0.717) is 18.1 Å². The number of morpholine rings is 1. The van der Waals surface area contributed by atoms with E-state index in [2.05, 4.69) is 35.6 Å². The van der Waals surface area contributed by atoms with Crippen LogP contribution < -0.4 is 14.8 Å². The Kier molecular flexibility index (Phi) is 5.83. The van der Waals surface area contributed by atoms with Crippen molar-refractivity contribution in [3.05, 3.63) is 103 Å². The third-order valence-electron chi connectivity index (χ3n) is 5.49. The van der Waals surface area contributed by atoms with Crippen molar-refractivity contribution >= 4 is 10.8 Å². The molecule has 2 atom stereocenters. The minimum Gasteiger partial charge on any atom is -0.479 e. The van der Waals surface area contributed by atoms with Crippen LogP contribution in [0.15, 0.2) is 97.1 Å². The molecule has 4 aromatic rings. The lowest BCUT2D eigenvalue weighted by Crippen LogP contribution is -2.43. The maximum atomic E-state index is 6.57. The zero-order chi connectivity index (χ0) is 20.9. The Balaban J connectivity index is 1.47. The first kappa shape index (κ1) is 19.6. The summed E-state index contributed by atoms with van der Waals surface area (Å²) < 4.78 is 19.0. The molecule has 2 unspecified atom stereocenters. The SMILES string of the molecule is c1ccc(C(Oc2ccccc2Oc2cccc3ccccc23)C2CNCCO2)cc1. The molecule has 4 aromatic carbocycles. The molecule has 1 N–H and O–H groups in total. The van der Waals surface area contributed by atoms with Crippen LogP contribution in [-0.2, 0) is 4.74 Å². The van der Waals surface area contributed by atoms with Crippen LogP contribution in [0.3, 0.4) is 0 Å². The van der Waals surface area contributed by atoms with Gasteiger partial charge in [-0.05, 0) is 29.1 Å². The molecule has 31 heavy (non-hydrogen) atoms. The molecule has 1 aliphatic rings. The molecule has 0 spiro atoms. The summed E-state index contributed by atoms with van der Waals surface area (Å²) in [6, 6.07) is 32.4. The molecule has 1 heterocycles. The van der Waals surface area contributed by atoms with Crippen LogP contribution in [0, 0.1) is 0 Å². The van der Waals surface area contributed by atoms with E-state index in [1.54, 1.807) is 0 Å². The fourth-order valence-corrected chi connectivity index (χ4v) is 3.95. The van der Waals surface area contributed by atoms with Gasteiger partial charge in [-0.3, -0.25) is 0 Å². The van der Waals surface area contributed by atoms with Crippen molar-refractivity contribution in [3.63, 3.8) is 0 Å². The lowest BCUT2D eigenvalue weighted by molar-refractivity contribution is -0.0437. The summed E-state index contributed by atoms with van der Waals surface area (Å²) in [4.78, 5) is 0. The molecular formula is C27H25NO3. The van der Waals surface area contributed by atoms with Gasteiger partial charge in [0.15, 0.2) is 17.6 Å². The van der Waals surface area contributed by atoms with Crippen molar-refractivity contribution in [1.82, 2.24) is 5.32 Å². The third-order valence-corrected chi connectivity index (χ3v) is 5.49. The number of nitrogens with one attached hydrogen (secondary N) is 1. The van der Waals surface area contributed by atoms with Gasteiger partial charge in [0.2, 0.25) is 0 Å². The maximum absolute atomic E-state index is 6.57. The molecule has 0 radical (unpaired) electrons. The molecule has 156 valence electrons. The minimum atomic E-state index is -0.244. The van der Waals surface area contributed by atoms with E-state index >= 15 is 0 Å². The third kappa shape index (κ3) is 4.41. The maximum Gasteiger partial charge on any atom is 0.169 e. The van der Waals surface area contributed by atoms with Crippen molar-refractivity contribution in [3.8, 4) is 17.2 Å². The highest BCUT2D eigenvalue weighted by Crippen LogP contribution is 2.38. The first-order valence-electron chi connectivity index (χ1n) is 10.7. The van der Waals surface area contributed by atoms with Gasteiger partial charge in [-0.1, -0.05) is 78.9 Å². The van der Waals surface area contributed by atoms with E-state index in [0.717, 1.165) is 35.2 Å². The van der Waals surface area contributed by atoms with Crippen molar-refractivity contribution in [2.75, 3.05) is 19.7 Å². The molecule has 0 aliphatic carbocycles. The highest BCUT2D eigenvalue weighted by molar-refractivity contribution is 5.88. The standard InChI is InChI=1S/C27H25NO3/c1-2-10-21(11-3-1)27(26-19-28-17-18-29-26)31-25-15-7-6-14-24(25)30-23-16-8-12-20-9-4-5-13-22(20)23/h1-16,26-28H,17-19H2. The lowest BCUT2D eigenvalue weighted by Gasteiger charge is -2.32. The van der Waals surface area contributed by atoms with Gasteiger partial charge in [-0.2, -0.15) is 0 Å². The molecule has 1 saturated heterocycles. The van der Waals surface area contributed by atoms with Crippen LogP contribution in [0.5, 0.6) is 17.2 Å². The number of fused-ring (bicyclic) bond motifs is 1. The zero-order valence-corrected chi connectivity index (χ0v) is 17.2. The summed E-state index contributed by atoms with van der Waals surface area (Å²) in [5.74, 6) is 2.18. The Morgan fingerprint density at radius 1 is 0.742 bits per heavy atom. The number of para-hydroxylation sites is 2. The second kappa shape index (κ2) is 9.21.